The van der Waals surface area contributed by atoms with Crippen LogP contribution in [0.5, 0.6) is 5.75 Å². The fourth-order valence-corrected chi connectivity index (χ4v) is 4.33. The SMILES string of the molecule is COc1ccc2c(c1)C(=O)N(C[C@@]1(c3ccc(-c4nccn4C)cc3)NC(=O)NC1=O)C2. The van der Waals surface area contributed by atoms with Crippen molar-refractivity contribution < 1.29 is 19.1 Å². The number of nitrogens with one attached hydrogen (secondary N) is 2. The number of rotatable bonds is 5. The maximum atomic E-state index is 13.1. The molecule has 32 heavy (non-hydrogen) atoms. The molecule has 9 nitrogen and oxygen atoms in total. The first-order valence-electron chi connectivity index (χ1n) is 10.1. The monoisotopic (exact) mass is 431 g/mol. The fraction of sp³-hybridized carbons (Fsp3) is 0.217. The summed E-state index contributed by atoms with van der Waals surface area (Å²) in [4.78, 5) is 44.1. The molecule has 5 rings (SSSR count). The Bertz CT molecular complexity index is 1250. The average molecular weight is 431 g/mol. The smallest absolute Gasteiger partial charge is 0.322 e. The summed E-state index contributed by atoms with van der Waals surface area (Å²) in [6.07, 6.45) is 3.56. The topological polar surface area (TPSA) is 106 Å². The van der Waals surface area contributed by atoms with Crippen LogP contribution in [0.1, 0.15) is 21.5 Å². The molecule has 0 radical (unpaired) electrons. The molecule has 2 aromatic carbocycles. The van der Waals surface area contributed by atoms with Crippen molar-refractivity contribution in [1.29, 1.82) is 0 Å². The predicted molar refractivity (Wildman–Crippen MR) is 115 cm³/mol. The Morgan fingerprint density at radius 1 is 1.12 bits per heavy atom. The highest BCUT2D eigenvalue weighted by Crippen LogP contribution is 2.33. The Morgan fingerprint density at radius 2 is 1.91 bits per heavy atom. The van der Waals surface area contributed by atoms with Gasteiger partial charge in [0.2, 0.25) is 0 Å². The van der Waals surface area contributed by atoms with Crippen LogP contribution < -0.4 is 15.4 Å². The quantitative estimate of drug-likeness (QED) is 0.599. The molecule has 0 aliphatic carbocycles. The van der Waals surface area contributed by atoms with Crippen LogP contribution in [0.15, 0.2) is 54.9 Å². The van der Waals surface area contributed by atoms with E-state index in [1.165, 1.54) is 0 Å². The van der Waals surface area contributed by atoms with Gasteiger partial charge in [-0.15, -0.1) is 0 Å². The number of imidazole rings is 1. The summed E-state index contributed by atoms with van der Waals surface area (Å²) in [5.74, 6) is 0.667. The highest BCUT2D eigenvalue weighted by atomic mass is 16.5. The second kappa shape index (κ2) is 7.23. The minimum absolute atomic E-state index is 0.00214. The van der Waals surface area contributed by atoms with Gasteiger partial charge < -0.3 is 19.5 Å². The standard InChI is InChI=1S/C23H21N5O4/c1-27-10-9-24-19(27)14-3-6-16(7-4-14)23(21(30)25-22(31)26-23)13-28-12-15-5-8-17(32-2)11-18(15)20(28)29/h3-11H,12-13H2,1-2H3,(H2,25,26,30,31)/t23-/m0/s1. The van der Waals surface area contributed by atoms with Gasteiger partial charge in [-0.05, 0) is 23.3 Å². The van der Waals surface area contributed by atoms with E-state index in [1.54, 1.807) is 42.5 Å². The molecule has 9 heteroatoms. The van der Waals surface area contributed by atoms with Gasteiger partial charge in [-0.1, -0.05) is 30.3 Å². The van der Waals surface area contributed by atoms with E-state index in [0.717, 1.165) is 17.0 Å². The zero-order valence-electron chi connectivity index (χ0n) is 17.6. The molecule has 2 aliphatic rings. The number of carbonyl (C=O) groups is 3. The van der Waals surface area contributed by atoms with Gasteiger partial charge >= 0.3 is 6.03 Å². The van der Waals surface area contributed by atoms with E-state index in [1.807, 2.05) is 36.0 Å². The number of imide groups is 1. The molecule has 3 aromatic rings. The Morgan fingerprint density at radius 3 is 2.53 bits per heavy atom. The lowest BCUT2D eigenvalue weighted by molar-refractivity contribution is -0.124. The molecule has 1 saturated heterocycles. The number of methoxy groups -OCH3 is 1. The maximum absolute atomic E-state index is 13.1. The van der Waals surface area contributed by atoms with Crippen LogP contribution in [0.3, 0.4) is 0 Å². The normalized spacial score (nSPS) is 19.7. The zero-order chi connectivity index (χ0) is 22.5. The summed E-state index contributed by atoms with van der Waals surface area (Å²) < 4.78 is 7.12. The number of amides is 4. The summed E-state index contributed by atoms with van der Waals surface area (Å²) in [6, 6.07) is 12.0. The number of benzene rings is 2. The number of aromatic nitrogens is 2. The summed E-state index contributed by atoms with van der Waals surface area (Å²) in [5.41, 5.74) is 1.45. The molecule has 3 heterocycles. The lowest BCUT2D eigenvalue weighted by Gasteiger charge is -2.31. The lowest BCUT2D eigenvalue weighted by Crippen LogP contribution is -2.52. The molecule has 1 aromatic heterocycles. The van der Waals surface area contributed by atoms with Crippen molar-refractivity contribution in [2.75, 3.05) is 13.7 Å². The molecule has 0 spiro atoms. The van der Waals surface area contributed by atoms with Crippen molar-refractivity contribution in [2.24, 2.45) is 7.05 Å². The molecule has 2 N–H and O–H groups in total. The molecule has 4 amide bonds. The van der Waals surface area contributed by atoms with Crippen LogP contribution >= 0.6 is 0 Å². The van der Waals surface area contributed by atoms with Crippen LogP contribution in [0, 0.1) is 0 Å². The number of urea groups is 1. The number of carbonyl (C=O) groups excluding carboxylic acids is 3. The largest absolute Gasteiger partial charge is 0.497 e. The Kier molecular flexibility index (Phi) is 4.47. The van der Waals surface area contributed by atoms with Gasteiger partial charge in [0.25, 0.3) is 11.8 Å². The highest BCUT2D eigenvalue weighted by Gasteiger charge is 2.50. The van der Waals surface area contributed by atoms with Crippen LogP contribution in [-0.4, -0.2) is 46.0 Å². The second-order valence-electron chi connectivity index (χ2n) is 7.94. The number of fused-ring (bicyclic) bond motifs is 1. The zero-order valence-corrected chi connectivity index (χ0v) is 17.6. The van der Waals surface area contributed by atoms with E-state index in [2.05, 4.69) is 15.6 Å². The van der Waals surface area contributed by atoms with Crippen LogP contribution in [-0.2, 0) is 23.9 Å². The second-order valence-corrected chi connectivity index (χ2v) is 7.94. The predicted octanol–water partition coefficient (Wildman–Crippen LogP) is 1.79. The molecular formula is C23H21N5O4. The lowest BCUT2D eigenvalue weighted by atomic mass is 9.88. The minimum Gasteiger partial charge on any atom is -0.497 e. The van der Waals surface area contributed by atoms with Crippen LogP contribution in [0.4, 0.5) is 4.79 Å². The van der Waals surface area contributed by atoms with Gasteiger partial charge in [0.05, 0.1) is 13.7 Å². The number of ether oxygens (including phenoxy) is 1. The Hall–Kier alpha value is -4.14. The van der Waals surface area contributed by atoms with Crippen molar-refractivity contribution in [3.8, 4) is 17.1 Å². The maximum Gasteiger partial charge on any atom is 0.322 e. The first-order valence-corrected chi connectivity index (χ1v) is 10.1. The molecule has 162 valence electrons. The van der Waals surface area contributed by atoms with E-state index >= 15 is 0 Å². The fourth-order valence-electron chi connectivity index (χ4n) is 4.33. The van der Waals surface area contributed by atoms with Crippen molar-refractivity contribution in [1.82, 2.24) is 25.1 Å². The van der Waals surface area contributed by atoms with E-state index in [-0.39, 0.29) is 12.5 Å². The molecule has 1 atom stereocenters. The van der Waals surface area contributed by atoms with E-state index < -0.39 is 17.5 Å². The molecule has 0 saturated carbocycles. The van der Waals surface area contributed by atoms with Gasteiger partial charge in [-0.2, -0.15) is 0 Å². The van der Waals surface area contributed by atoms with Gasteiger partial charge in [-0.25, -0.2) is 9.78 Å². The average Bonchev–Trinajstić information content (AvgIpc) is 3.44. The van der Waals surface area contributed by atoms with Gasteiger partial charge in [0.15, 0.2) is 5.54 Å². The molecule has 1 fully saturated rings. The van der Waals surface area contributed by atoms with E-state index in [0.29, 0.717) is 23.4 Å². The summed E-state index contributed by atoms with van der Waals surface area (Å²) in [7, 11) is 3.44. The Labute approximate surface area is 184 Å². The number of hydrogen-bond acceptors (Lipinski definition) is 5. The van der Waals surface area contributed by atoms with Gasteiger partial charge in [-0.3, -0.25) is 14.9 Å². The van der Waals surface area contributed by atoms with Crippen molar-refractivity contribution in [2.45, 2.75) is 12.1 Å². The third-order valence-corrected chi connectivity index (χ3v) is 6.02. The van der Waals surface area contributed by atoms with Crippen LogP contribution in [0.2, 0.25) is 0 Å². The first kappa shape index (κ1) is 19.8. The van der Waals surface area contributed by atoms with E-state index in [4.69, 9.17) is 4.74 Å². The summed E-state index contributed by atoms with van der Waals surface area (Å²) in [6.45, 7) is 0.344. The number of aryl methyl sites for hydroxylation is 1. The van der Waals surface area contributed by atoms with Crippen molar-refractivity contribution in [3.05, 3.63) is 71.5 Å². The van der Waals surface area contributed by atoms with Crippen molar-refractivity contribution >= 4 is 17.8 Å². The number of hydrogen-bond donors (Lipinski definition) is 2. The summed E-state index contributed by atoms with van der Waals surface area (Å²) >= 11 is 0. The van der Waals surface area contributed by atoms with Crippen LogP contribution in [0.25, 0.3) is 11.4 Å². The molecule has 2 aliphatic heterocycles. The Balaban J connectivity index is 1.49. The summed E-state index contributed by atoms with van der Waals surface area (Å²) in [5, 5.41) is 5.08. The third-order valence-electron chi connectivity index (χ3n) is 6.02. The molecule has 0 unspecified atom stereocenters. The molecular weight excluding hydrogens is 410 g/mol. The highest BCUT2D eigenvalue weighted by molar-refractivity contribution is 6.08. The third kappa shape index (κ3) is 3.01. The first-order chi connectivity index (χ1) is 15.4. The van der Waals surface area contributed by atoms with Crippen molar-refractivity contribution in [3.63, 3.8) is 0 Å². The molecule has 0 bridgehead atoms. The number of nitrogens with zero attached hydrogens (tertiary/aromatic N) is 3. The minimum atomic E-state index is -1.39. The van der Waals surface area contributed by atoms with Gasteiger partial charge in [0.1, 0.15) is 11.6 Å². The van der Waals surface area contributed by atoms with E-state index in [9.17, 15) is 14.4 Å². The van der Waals surface area contributed by atoms with Gasteiger partial charge in [0, 0.05) is 37.1 Å².